The molecule has 4 aromatic rings. The lowest BCUT2D eigenvalue weighted by atomic mass is 9.86. The van der Waals surface area contributed by atoms with Gasteiger partial charge >= 0.3 is 0 Å². The van der Waals surface area contributed by atoms with Crippen LogP contribution in [-0.2, 0) is 5.41 Å². The van der Waals surface area contributed by atoms with Crippen molar-refractivity contribution in [2.45, 2.75) is 19.3 Å². The molecule has 0 radical (unpaired) electrons. The number of halogens is 1. The molecule has 0 spiro atoms. The molecule has 0 amide bonds. The standard InChI is InChI=1S/C20H14BrN3S/c1-20(2,11-22)13-5-3-12(4-6-13)19-18-15-9-14(21)7-8-16(15)23-10-17(18)25-24-19/h3-10H,1-2H3. The summed E-state index contributed by atoms with van der Waals surface area (Å²) in [6.07, 6.45) is 1.89. The lowest BCUT2D eigenvalue weighted by Crippen LogP contribution is -2.13. The number of pyridine rings is 1. The van der Waals surface area contributed by atoms with Crippen molar-refractivity contribution < 1.29 is 0 Å². The van der Waals surface area contributed by atoms with Crippen molar-refractivity contribution in [2.24, 2.45) is 0 Å². The summed E-state index contributed by atoms with van der Waals surface area (Å²) >= 11 is 5.01. The Bertz CT molecular complexity index is 1140. The maximum absolute atomic E-state index is 9.31. The van der Waals surface area contributed by atoms with Gasteiger partial charge in [0.1, 0.15) is 0 Å². The topological polar surface area (TPSA) is 49.6 Å². The van der Waals surface area contributed by atoms with Crippen LogP contribution in [0.2, 0.25) is 0 Å². The van der Waals surface area contributed by atoms with E-state index in [1.165, 1.54) is 11.5 Å². The smallest absolute Gasteiger partial charge is 0.0926 e. The molecule has 0 saturated carbocycles. The molecule has 122 valence electrons. The maximum Gasteiger partial charge on any atom is 0.0926 e. The molecule has 0 aliphatic heterocycles. The molecule has 2 aromatic carbocycles. The lowest BCUT2D eigenvalue weighted by molar-refractivity contribution is 0.687. The zero-order chi connectivity index (χ0) is 17.6. The third-order valence-corrected chi connectivity index (χ3v) is 5.70. The second kappa shape index (κ2) is 5.91. The van der Waals surface area contributed by atoms with Gasteiger partial charge in [0.15, 0.2) is 0 Å². The molecule has 0 atom stereocenters. The Morgan fingerprint density at radius 1 is 1.12 bits per heavy atom. The van der Waals surface area contributed by atoms with Crippen molar-refractivity contribution >= 4 is 48.5 Å². The fourth-order valence-corrected chi connectivity index (χ4v) is 4.05. The van der Waals surface area contributed by atoms with Crippen LogP contribution in [0.3, 0.4) is 0 Å². The van der Waals surface area contributed by atoms with E-state index in [2.05, 4.69) is 37.4 Å². The number of hydrogen-bond donors (Lipinski definition) is 0. The van der Waals surface area contributed by atoms with E-state index < -0.39 is 5.41 Å². The van der Waals surface area contributed by atoms with Crippen LogP contribution in [0.1, 0.15) is 19.4 Å². The molecular weight excluding hydrogens is 394 g/mol. The molecular formula is C20H14BrN3S. The summed E-state index contributed by atoms with van der Waals surface area (Å²) in [5, 5.41) is 11.5. The number of nitrogens with zero attached hydrogens (tertiary/aromatic N) is 3. The summed E-state index contributed by atoms with van der Waals surface area (Å²) in [5.41, 5.74) is 3.49. The summed E-state index contributed by atoms with van der Waals surface area (Å²) in [6.45, 7) is 3.86. The predicted octanol–water partition coefficient (Wildman–Crippen LogP) is 6.08. The second-order valence-electron chi connectivity index (χ2n) is 6.50. The first-order valence-electron chi connectivity index (χ1n) is 7.85. The van der Waals surface area contributed by atoms with E-state index in [0.29, 0.717) is 0 Å². The zero-order valence-electron chi connectivity index (χ0n) is 13.7. The quantitative estimate of drug-likeness (QED) is 0.404. The van der Waals surface area contributed by atoms with Crippen LogP contribution >= 0.6 is 27.5 Å². The van der Waals surface area contributed by atoms with Crippen LogP contribution < -0.4 is 0 Å². The molecule has 3 nitrogen and oxygen atoms in total. The van der Waals surface area contributed by atoms with Gasteiger partial charge in [-0.05, 0) is 49.1 Å². The molecule has 0 N–H and O–H groups in total. The monoisotopic (exact) mass is 407 g/mol. The molecule has 2 aromatic heterocycles. The maximum atomic E-state index is 9.31. The molecule has 25 heavy (non-hydrogen) atoms. The average molecular weight is 408 g/mol. The van der Waals surface area contributed by atoms with E-state index in [0.717, 1.165) is 42.3 Å². The van der Waals surface area contributed by atoms with Crippen molar-refractivity contribution in [3.8, 4) is 17.3 Å². The van der Waals surface area contributed by atoms with Gasteiger partial charge in [0, 0.05) is 27.0 Å². The van der Waals surface area contributed by atoms with Gasteiger partial charge < -0.3 is 0 Å². The molecule has 0 saturated heterocycles. The number of benzene rings is 2. The minimum Gasteiger partial charge on any atom is -0.255 e. The summed E-state index contributed by atoms with van der Waals surface area (Å²) in [7, 11) is 0. The summed E-state index contributed by atoms with van der Waals surface area (Å²) < 4.78 is 6.78. The number of fused-ring (bicyclic) bond motifs is 3. The Morgan fingerprint density at radius 2 is 1.88 bits per heavy atom. The number of hydrogen-bond acceptors (Lipinski definition) is 4. The highest BCUT2D eigenvalue weighted by Gasteiger charge is 2.20. The van der Waals surface area contributed by atoms with Gasteiger partial charge in [-0.25, -0.2) is 0 Å². The van der Waals surface area contributed by atoms with E-state index in [-0.39, 0.29) is 0 Å². The van der Waals surface area contributed by atoms with Gasteiger partial charge in [0.05, 0.1) is 27.4 Å². The lowest BCUT2D eigenvalue weighted by Gasteiger charge is -2.15. The molecule has 2 heterocycles. The van der Waals surface area contributed by atoms with Gasteiger partial charge in [-0.1, -0.05) is 40.2 Å². The van der Waals surface area contributed by atoms with Crippen LogP contribution in [-0.4, -0.2) is 9.36 Å². The van der Waals surface area contributed by atoms with E-state index in [4.69, 9.17) is 0 Å². The number of nitriles is 1. The molecule has 0 aliphatic carbocycles. The molecule has 0 bridgehead atoms. The Balaban J connectivity index is 1.93. The largest absolute Gasteiger partial charge is 0.255 e. The number of rotatable bonds is 2. The summed E-state index contributed by atoms with van der Waals surface area (Å²) in [6, 6.07) is 16.6. The third-order valence-electron chi connectivity index (χ3n) is 4.43. The van der Waals surface area contributed by atoms with Crippen LogP contribution in [0.15, 0.2) is 53.1 Å². The highest BCUT2D eigenvalue weighted by molar-refractivity contribution is 9.10. The number of aromatic nitrogens is 2. The van der Waals surface area contributed by atoms with Crippen molar-refractivity contribution in [2.75, 3.05) is 0 Å². The van der Waals surface area contributed by atoms with Crippen molar-refractivity contribution in [1.82, 2.24) is 9.36 Å². The molecule has 0 fully saturated rings. The van der Waals surface area contributed by atoms with Gasteiger partial charge in [0.2, 0.25) is 0 Å². The predicted molar refractivity (Wildman–Crippen MR) is 107 cm³/mol. The average Bonchev–Trinajstić information content (AvgIpc) is 3.06. The van der Waals surface area contributed by atoms with Crippen molar-refractivity contribution in [1.29, 1.82) is 5.26 Å². The zero-order valence-corrected chi connectivity index (χ0v) is 16.1. The van der Waals surface area contributed by atoms with Crippen molar-refractivity contribution in [3.63, 3.8) is 0 Å². The van der Waals surface area contributed by atoms with Crippen LogP contribution in [0, 0.1) is 11.3 Å². The Morgan fingerprint density at radius 3 is 2.60 bits per heavy atom. The first-order chi connectivity index (χ1) is 12.0. The Hall–Kier alpha value is -2.29. The summed E-state index contributed by atoms with van der Waals surface area (Å²) in [4.78, 5) is 4.53. The van der Waals surface area contributed by atoms with Gasteiger partial charge in [-0.3, -0.25) is 4.98 Å². The third kappa shape index (κ3) is 2.72. The summed E-state index contributed by atoms with van der Waals surface area (Å²) in [5.74, 6) is 0. The fourth-order valence-electron chi connectivity index (χ4n) is 2.91. The van der Waals surface area contributed by atoms with Gasteiger partial charge in [0.25, 0.3) is 0 Å². The Kier molecular flexibility index (Phi) is 3.82. The second-order valence-corrected chi connectivity index (χ2v) is 8.22. The van der Waals surface area contributed by atoms with Gasteiger partial charge in [-0.2, -0.15) is 9.64 Å². The molecule has 0 aliphatic rings. The first-order valence-corrected chi connectivity index (χ1v) is 9.42. The van der Waals surface area contributed by atoms with E-state index in [1.54, 1.807) is 0 Å². The van der Waals surface area contributed by atoms with E-state index in [1.807, 2.05) is 56.4 Å². The van der Waals surface area contributed by atoms with Crippen LogP contribution in [0.25, 0.3) is 32.2 Å². The Labute approximate surface area is 158 Å². The van der Waals surface area contributed by atoms with Crippen LogP contribution in [0.4, 0.5) is 0 Å². The highest BCUT2D eigenvalue weighted by atomic mass is 79.9. The fraction of sp³-hybridized carbons (Fsp3) is 0.150. The van der Waals surface area contributed by atoms with E-state index >= 15 is 0 Å². The van der Waals surface area contributed by atoms with Crippen molar-refractivity contribution in [3.05, 3.63) is 58.7 Å². The van der Waals surface area contributed by atoms with Gasteiger partial charge in [-0.15, -0.1) is 0 Å². The minimum absolute atomic E-state index is 0.496. The molecule has 5 heteroatoms. The molecule has 0 unspecified atom stereocenters. The highest BCUT2D eigenvalue weighted by Crippen LogP contribution is 2.37. The molecule has 4 rings (SSSR count). The van der Waals surface area contributed by atoms with Crippen LogP contribution in [0.5, 0.6) is 0 Å². The minimum atomic E-state index is -0.496. The SMILES string of the molecule is CC(C)(C#N)c1ccc(-c2nsc3cnc4ccc(Br)cc4c23)cc1. The first kappa shape index (κ1) is 16.2. The normalized spacial score (nSPS) is 11.8. The van der Waals surface area contributed by atoms with E-state index in [9.17, 15) is 5.26 Å².